The van der Waals surface area contributed by atoms with Crippen LogP contribution in [0.4, 0.5) is 0 Å². The minimum absolute atomic E-state index is 0.264. The Balaban J connectivity index is 2.13. The van der Waals surface area contributed by atoms with Crippen molar-refractivity contribution < 1.29 is 14.3 Å². The third kappa shape index (κ3) is 3.10. The van der Waals surface area contributed by atoms with E-state index in [-0.39, 0.29) is 11.3 Å². The molecule has 0 saturated carbocycles. The summed E-state index contributed by atoms with van der Waals surface area (Å²) in [5.41, 5.74) is 5.70. The van der Waals surface area contributed by atoms with E-state index in [1.165, 1.54) is 16.7 Å². The normalized spacial score (nSPS) is 37.2. The quantitative estimate of drug-likeness (QED) is 0.446. The highest BCUT2D eigenvalue weighted by molar-refractivity contribution is 8.00. The van der Waals surface area contributed by atoms with Crippen molar-refractivity contribution in [2.75, 3.05) is 12.4 Å². The first-order valence-corrected chi connectivity index (χ1v) is 8.22. The number of rotatable bonds is 2. The van der Waals surface area contributed by atoms with Crippen molar-refractivity contribution in [1.82, 2.24) is 4.90 Å². The Morgan fingerprint density at radius 3 is 2.75 bits per heavy atom. The van der Waals surface area contributed by atoms with Crippen LogP contribution < -0.4 is 5.73 Å². The first-order chi connectivity index (χ1) is 9.04. The van der Waals surface area contributed by atoms with Gasteiger partial charge in [0.25, 0.3) is 0 Å². The highest BCUT2D eigenvalue weighted by Gasteiger charge is 2.60. The average molecular weight is 382 g/mol. The number of β-lactam (4-membered cyclic amide) rings is 1. The van der Waals surface area contributed by atoms with E-state index in [0.29, 0.717) is 5.75 Å². The molecule has 2 aliphatic heterocycles. The maximum absolute atomic E-state index is 12.2. The molecule has 114 valence electrons. The predicted molar refractivity (Wildman–Crippen MR) is 80.4 cm³/mol. The number of hydrogen-bond donors (Lipinski definition) is 1. The first kappa shape index (κ1) is 16.8. The standard InChI is InChI=1S/C10H12Cl4N2O3S/c1-9(11)3-20-7-4(15)6(17)16(7)5(9)8(18)19-2-10(12,13)14/h4-5,7H,2-3,15H2,1H3/t4-,5+,7+,9-/m1/s1. The number of halogens is 4. The molecule has 2 rings (SSSR count). The van der Waals surface area contributed by atoms with E-state index in [1.54, 1.807) is 6.92 Å². The van der Waals surface area contributed by atoms with Crippen molar-refractivity contribution in [3.63, 3.8) is 0 Å². The highest BCUT2D eigenvalue weighted by Crippen LogP contribution is 2.44. The smallest absolute Gasteiger partial charge is 0.330 e. The zero-order chi connectivity index (χ0) is 15.3. The molecule has 2 saturated heterocycles. The van der Waals surface area contributed by atoms with Gasteiger partial charge in [0.2, 0.25) is 9.70 Å². The third-order valence-electron chi connectivity index (χ3n) is 3.11. The number of hydrogen-bond acceptors (Lipinski definition) is 5. The molecule has 2 fully saturated rings. The summed E-state index contributed by atoms with van der Waals surface area (Å²) in [7, 11) is 0. The van der Waals surface area contributed by atoms with Crippen LogP contribution in [0.25, 0.3) is 0 Å². The molecule has 0 radical (unpaired) electrons. The van der Waals surface area contributed by atoms with E-state index in [9.17, 15) is 9.59 Å². The summed E-state index contributed by atoms with van der Waals surface area (Å²) in [6.07, 6.45) is 0. The van der Waals surface area contributed by atoms with E-state index < -0.39 is 33.3 Å². The highest BCUT2D eigenvalue weighted by atomic mass is 35.6. The van der Waals surface area contributed by atoms with Gasteiger partial charge in [-0.1, -0.05) is 34.8 Å². The molecule has 0 aromatic carbocycles. The Morgan fingerprint density at radius 2 is 2.20 bits per heavy atom. The van der Waals surface area contributed by atoms with Gasteiger partial charge in [-0.25, -0.2) is 4.79 Å². The summed E-state index contributed by atoms with van der Waals surface area (Å²) in [5, 5.41) is -0.264. The second kappa shape index (κ2) is 5.56. The van der Waals surface area contributed by atoms with Crippen molar-refractivity contribution in [2.45, 2.75) is 33.0 Å². The van der Waals surface area contributed by atoms with E-state index >= 15 is 0 Å². The van der Waals surface area contributed by atoms with E-state index in [4.69, 9.17) is 56.9 Å². The van der Waals surface area contributed by atoms with Gasteiger partial charge >= 0.3 is 5.97 Å². The maximum Gasteiger partial charge on any atom is 0.330 e. The fraction of sp³-hybridized carbons (Fsp3) is 0.800. The van der Waals surface area contributed by atoms with Crippen LogP contribution in [0.3, 0.4) is 0 Å². The molecule has 0 spiro atoms. The van der Waals surface area contributed by atoms with Crippen LogP contribution in [0.5, 0.6) is 0 Å². The molecule has 0 bridgehead atoms. The first-order valence-electron chi connectivity index (χ1n) is 5.66. The number of carbonyl (C=O) groups excluding carboxylic acids is 2. The summed E-state index contributed by atoms with van der Waals surface area (Å²) >= 11 is 24.4. The Morgan fingerprint density at radius 1 is 1.60 bits per heavy atom. The van der Waals surface area contributed by atoms with Crippen LogP contribution in [0.1, 0.15) is 6.92 Å². The van der Waals surface area contributed by atoms with Crippen LogP contribution in [0.2, 0.25) is 0 Å². The number of ether oxygens (including phenoxy) is 1. The van der Waals surface area contributed by atoms with Gasteiger partial charge in [0.1, 0.15) is 18.0 Å². The van der Waals surface area contributed by atoms with Crippen LogP contribution in [-0.4, -0.2) is 55.3 Å². The molecule has 0 unspecified atom stereocenters. The molecule has 0 aromatic heterocycles. The topological polar surface area (TPSA) is 72.6 Å². The lowest BCUT2D eigenvalue weighted by Gasteiger charge is -2.55. The molecular weight excluding hydrogens is 370 g/mol. The van der Waals surface area contributed by atoms with Gasteiger partial charge < -0.3 is 15.4 Å². The second-order valence-corrected chi connectivity index (χ2v) is 9.36. The zero-order valence-corrected chi connectivity index (χ0v) is 14.2. The number of thioether (sulfide) groups is 1. The number of amides is 1. The minimum atomic E-state index is -1.71. The van der Waals surface area contributed by atoms with E-state index in [2.05, 4.69) is 0 Å². The van der Waals surface area contributed by atoms with Gasteiger partial charge in [-0.3, -0.25) is 4.79 Å². The molecule has 1 amide bonds. The minimum Gasteiger partial charge on any atom is -0.460 e. The average Bonchev–Trinajstić information content (AvgIpc) is 2.33. The summed E-state index contributed by atoms with van der Waals surface area (Å²) in [5.74, 6) is -0.561. The second-order valence-electron chi connectivity index (χ2n) is 4.88. The number of nitrogens with two attached hydrogens (primary N) is 1. The van der Waals surface area contributed by atoms with E-state index in [1.807, 2.05) is 0 Å². The van der Waals surface area contributed by atoms with Crippen LogP contribution in [-0.2, 0) is 14.3 Å². The molecule has 10 heteroatoms. The summed E-state index contributed by atoms with van der Waals surface area (Å²) in [6.45, 7) is 1.25. The lowest BCUT2D eigenvalue weighted by molar-refractivity contribution is -0.165. The molecule has 0 aliphatic carbocycles. The number of fused-ring (bicyclic) bond motifs is 1. The van der Waals surface area contributed by atoms with Crippen LogP contribution >= 0.6 is 58.2 Å². The Labute approximate surface area is 140 Å². The lowest BCUT2D eigenvalue weighted by atomic mass is 9.94. The number of alkyl halides is 4. The van der Waals surface area contributed by atoms with Crippen molar-refractivity contribution in [3.8, 4) is 0 Å². The van der Waals surface area contributed by atoms with Crippen molar-refractivity contribution in [2.24, 2.45) is 5.73 Å². The van der Waals surface area contributed by atoms with Crippen molar-refractivity contribution >= 4 is 70.0 Å². The molecular formula is C10H12Cl4N2O3S. The number of carbonyl (C=O) groups is 2. The number of nitrogens with zero attached hydrogens (tertiary/aromatic N) is 1. The van der Waals surface area contributed by atoms with Crippen molar-refractivity contribution in [3.05, 3.63) is 0 Å². The fourth-order valence-corrected chi connectivity index (χ4v) is 4.09. The van der Waals surface area contributed by atoms with Crippen LogP contribution in [0.15, 0.2) is 0 Å². The molecule has 2 heterocycles. The van der Waals surface area contributed by atoms with Crippen LogP contribution in [0, 0.1) is 0 Å². The molecule has 2 N–H and O–H groups in total. The third-order valence-corrected chi connectivity index (χ3v) is 5.56. The molecule has 20 heavy (non-hydrogen) atoms. The zero-order valence-electron chi connectivity index (χ0n) is 10.3. The van der Waals surface area contributed by atoms with Gasteiger partial charge in [0.15, 0.2) is 6.04 Å². The molecule has 0 aromatic rings. The molecule has 2 aliphatic rings. The monoisotopic (exact) mass is 380 g/mol. The Bertz CT molecular complexity index is 443. The van der Waals surface area contributed by atoms with Gasteiger partial charge in [-0.15, -0.1) is 23.4 Å². The fourth-order valence-electron chi connectivity index (χ4n) is 2.18. The summed E-state index contributed by atoms with van der Waals surface area (Å²) in [4.78, 5) is 24.4. The number of esters is 1. The predicted octanol–water partition coefficient (Wildman–Crippen LogP) is 1.51. The van der Waals surface area contributed by atoms with Gasteiger partial charge in [0.05, 0.1) is 4.87 Å². The SMILES string of the molecule is C[C@@]1(Cl)CS[C@H]2[C@H](N)C(=O)N2[C@H]1C(=O)OCC(Cl)(Cl)Cl. The van der Waals surface area contributed by atoms with E-state index in [0.717, 1.165) is 0 Å². The lowest BCUT2D eigenvalue weighted by Crippen LogP contribution is -2.77. The largest absolute Gasteiger partial charge is 0.460 e. The summed E-state index contributed by atoms with van der Waals surface area (Å²) in [6, 6.07) is -1.55. The molecule has 5 nitrogen and oxygen atoms in total. The Hall–Kier alpha value is 0.410. The molecule has 4 atom stereocenters. The Kier molecular flexibility index (Phi) is 4.66. The van der Waals surface area contributed by atoms with Crippen molar-refractivity contribution in [1.29, 1.82) is 0 Å². The van der Waals surface area contributed by atoms with Gasteiger partial charge in [-0.2, -0.15) is 0 Å². The summed E-state index contributed by atoms with van der Waals surface area (Å²) < 4.78 is 3.24. The van der Waals surface area contributed by atoms with Gasteiger partial charge in [-0.05, 0) is 6.92 Å². The maximum atomic E-state index is 12.2. The van der Waals surface area contributed by atoms with Gasteiger partial charge in [0, 0.05) is 5.75 Å².